The van der Waals surface area contributed by atoms with E-state index in [0.717, 1.165) is 42.4 Å². The number of nitrogens with two attached hydrogens (primary N) is 1. The molecule has 1 saturated carbocycles. The molecule has 1 aliphatic carbocycles. The number of phenols is 1. The predicted molar refractivity (Wildman–Crippen MR) is 97.0 cm³/mol. The molecule has 2 aromatic rings. The summed E-state index contributed by atoms with van der Waals surface area (Å²) in [6.45, 7) is 0. The van der Waals surface area contributed by atoms with E-state index in [0.29, 0.717) is 11.6 Å². The minimum Gasteiger partial charge on any atom is -0.505 e. The van der Waals surface area contributed by atoms with Crippen LogP contribution in [0.25, 0.3) is 11.1 Å². The topological polar surface area (TPSA) is 66.5 Å². The van der Waals surface area contributed by atoms with Crippen LogP contribution < -0.4 is 5.73 Å². The second kappa shape index (κ2) is 6.85. The zero-order chi connectivity index (χ0) is 16.4. The highest BCUT2D eigenvalue weighted by atomic mass is 32.2. The van der Waals surface area contributed by atoms with E-state index >= 15 is 0 Å². The Hall–Kier alpha value is -1.65. The van der Waals surface area contributed by atoms with Gasteiger partial charge in [-0.3, -0.25) is 0 Å². The minimum atomic E-state index is -0.185. The van der Waals surface area contributed by atoms with Crippen LogP contribution in [0.3, 0.4) is 0 Å². The lowest BCUT2D eigenvalue weighted by molar-refractivity contribution is 0.122. The molecule has 0 aromatic heterocycles. The fourth-order valence-corrected chi connectivity index (χ4v) is 3.78. The summed E-state index contributed by atoms with van der Waals surface area (Å²) in [6, 6.07) is 12.1. The number of aromatic hydroxyl groups is 1. The van der Waals surface area contributed by atoms with E-state index in [9.17, 15) is 10.2 Å². The van der Waals surface area contributed by atoms with Gasteiger partial charge >= 0.3 is 0 Å². The average Bonchev–Trinajstić information content (AvgIpc) is 2.58. The number of rotatable bonds is 3. The number of aliphatic hydroxyl groups excluding tert-OH is 1. The predicted octanol–water partition coefficient (Wildman–Crippen LogP) is 4.38. The van der Waals surface area contributed by atoms with Gasteiger partial charge in [0.05, 0.1) is 11.8 Å². The lowest BCUT2D eigenvalue weighted by atomic mass is 9.81. The van der Waals surface area contributed by atoms with Gasteiger partial charge in [0.15, 0.2) is 0 Å². The van der Waals surface area contributed by atoms with Gasteiger partial charge in [-0.15, -0.1) is 11.8 Å². The van der Waals surface area contributed by atoms with Crippen molar-refractivity contribution in [1.29, 1.82) is 0 Å². The molecule has 0 spiro atoms. The maximum atomic E-state index is 10.6. The number of hydrogen-bond acceptors (Lipinski definition) is 4. The Kier molecular flexibility index (Phi) is 4.83. The molecular formula is C19H23NO2S. The third-order valence-corrected chi connectivity index (χ3v) is 5.53. The number of aliphatic hydroxyl groups is 1. The highest BCUT2D eigenvalue weighted by Crippen LogP contribution is 2.43. The Morgan fingerprint density at radius 2 is 1.65 bits per heavy atom. The first-order chi connectivity index (χ1) is 11.1. The van der Waals surface area contributed by atoms with E-state index in [2.05, 4.69) is 0 Å². The van der Waals surface area contributed by atoms with Crippen molar-refractivity contribution in [3.8, 4) is 16.9 Å². The van der Waals surface area contributed by atoms with Gasteiger partial charge in [0.1, 0.15) is 5.75 Å². The zero-order valence-corrected chi connectivity index (χ0v) is 14.1. The first kappa shape index (κ1) is 16.2. The molecular weight excluding hydrogens is 306 g/mol. The van der Waals surface area contributed by atoms with Crippen molar-refractivity contribution in [2.45, 2.75) is 42.6 Å². The summed E-state index contributed by atoms with van der Waals surface area (Å²) in [5.41, 5.74) is 9.47. The number of anilines is 1. The van der Waals surface area contributed by atoms with Crippen molar-refractivity contribution < 1.29 is 10.2 Å². The van der Waals surface area contributed by atoms with Crippen LogP contribution >= 0.6 is 11.8 Å². The van der Waals surface area contributed by atoms with E-state index < -0.39 is 0 Å². The first-order valence-corrected chi connectivity index (χ1v) is 9.26. The van der Waals surface area contributed by atoms with Gasteiger partial charge in [0, 0.05) is 10.5 Å². The van der Waals surface area contributed by atoms with Crippen LogP contribution in [-0.4, -0.2) is 22.6 Å². The van der Waals surface area contributed by atoms with Gasteiger partial charge in [-0.05, 0) is 61.1 Å². The zero-order valence-electron chi connectivity index (χ0n) is 13.3. The Labute approximate surface area is 141 Å². The van der Waals surface area contributed by atoms with Gasteiger partial charge in [0.25, 0.3) is 0 Å². The van der Waals surface area contributed by atoms with Crippen LogP contribution in [0, 0.1) is 0 Å². The molecule has 0 saturated heterocycles. The van der Waals surface area contributed by atoms with Crippen molar-refractivity contribution >= 4 is 17.4 Å². The average molecular weight is 329 g/mol. The molecule has 3 nitrogen and oxygen atoms in total. The molecule has 0 heterocycles. The van der Waals surface area contributed by atoms with E-state index in [4.69, 9.17) is 5.73 Å². The van der Waals surface area contributed by atoms with Crippen molar-refractivity contribution in [3.05, 3.63) is 42.0 Å². The summed E-state index contributed by atoms with van der Waals surface area (Å²) in [6.07, 6.45) is 5.32. The van der Waals surface area contributed by atoms with E-state index in [1.165, 1.54) is 4.90 Å². The minimum absolute atomic E-state index is 0.172. The van der Waals surface area contributed by atoms with Crippen LogP contribution in [0.5, 0.6) is 5.75 Å². The quantitative estimate of drug-likeness (QED) is 0.444. The normalized spacial score (nSPS) is 21.3. The molecule has 1 fully saturated rings. The summed E-state index contributed by atoms with van der Waals surface area (Å²) in [5, 5.41) is 20.2. The first-order valence-electron chi connectivity index (χ1n) is 8.04. The molecule has 1 aliphatic rings. The van der Waals surface area contributed by atoms with Gasteiger partial charge < -0.3 is 15.9 Å². The molecule has 0 amide bonds. The number of benzene rings is 2. The maximum Gasteiger partial charge on any atom is 0.146 e. The fraction of sp³-hybridized carbons (Fsp3) is 0.368. The number of thioether (sulfide) groups is 1. The van der Waals surface area contributed by atoms with E-state index in [-0.39, 0.29) is 11.9 Å². The Bertz CT molecular complexity index is 677. The number of nitrogen functional groups attached to an aromatic ring is 1. The molecule has 0 atom stereocenters. The standard InChI is InChI=1S/C19H23NO2S/c1-23-15-8-4-13(5-9-15)17-11-10-16(18(20)19(17)22)12-2-6-14(21)7-3-12/h4-5,8-12,14,21-22H,2-3,6-7,20H2,1H3. The van der Waals surface area contributed by atoms with E-state index in [1.54, 1.807) is 11.8 Å². The molecule has 122 valence electrons. The van der Waals surface area contributed by atoms with Crippen LogP contribution in [0.15, 0.2) is 41.3 Å². The smallest absolute Gasteiger partial charge is 0.146 e. The second-order valence-electron chi connectivity index (χ2n) is 6.20. The van der Waals surface area contributed by atoms with Crippen LogP contribution in [0.2, 0.25) is 0 Å². The summed E-state index contributed by atoms with van der Waals surface area (Å²) in [4.78, 5) is 1.19. The van der Waals surface area contributed by atoms with Crippen molar-refractivity contribution in [1.82, 2.24) is 0 Å². The van der Waals surface area contributed by atoms with Crippen LogP contribution in [-0.2, 0) is 0 Å². The molecule has 0 aliphatic heterocycles. The molecule has 23 heavy (non-hydrogen) atoms. The van der Waals surface area contributed by atoms with Crippen molar-refractivity contribution in [2.75, 3.05) is 12.0 Å². The largest absolute Gasteiger partial charge is 0.505 e. The molecule has 0 bridgehead atoms. The molecule has 0 radical (unpaired) electrons. The van der Waals surface area contributed by atoms with E-state index in [1.807, 2.05) is 42.7 Å². The summed E-state index contributed by atoms with van der Waals surface area (Å²) < 4.78 is 0. The molecule has 3 rings (SSSR count). The monoisotopic (exact) mass is 329 g/mol. The fourth-order valence-electron chi connectivity index (χ4n) is 3.37. The highest BCUT2D eigenvalue weighted by Gasteiger charge is 2.24. The summed E-state index contributed by atoms with van der Waals surface area (Å²) >= 11 is 1.69. The van der Waals surface area contributed by atoms with Crippen molar-refractivity contribution in [3.63, 3.8) is 0 Å². The maximum absolute atomic E-state index is 10.6. The molecule has 4 N–H and O–H groups in total. The van der Waals surface area contributed by atoms with Crippen LogP contribution in [0.4, 0.5) is 5.69 Å². The van der Waals surface area contributed by atoms with Gasteiger partial charge in [-0.25, -0.2) is 0 Å². The third kappa shape index (κ3) is 3.33. The second-order valence-corrected chi connectivity index (χ2v) is 7.08. The Morgan fingerprint density at radius 3 is 2.26 bits per heavy atom. The Balaban J connectivity index is 1.90. The lowest BCUT2D eigenvalue weighted by Crippen LogP contribution is -2.17. The molecule has 2 aromatic carbocycles. The van der Waals surface area contributed by atoms with Gasteiger partial charge in [-0.2, -0.15) is 0 Å². The third-order valence-electron chi connectivity index (χ3n) is 4.79. The van der Waals surface area contributed by atoms with Crippen molar-refractivity contribution in [2.24, 2.45) is 0 Å². The summed E-state index contributed by atoms with van der Waals surface area (Å²) in [7, 11) is 0. The number of phenolic OH excluding ortho intramolecular Hbond substituents is 1. The van der Waals surface area contributed by atoms with Gasteiger partial charge in [0.2, 0.25) is 0 Å². The van der Waals surface area contributed by atoms with Gasteiger partial charge in [-0.1, -0.05) is 24.3 Å². The number of hydrogen-bond donors (Lipinski definition) is 3. The van der Waals surface area contributed by atoms with Crippen LogP contribution in [0.1, 0.15) is 37.2 Å². The lowest BCUT2D eigenvalue weighted by Gasteiger charge is -2.27. The highest BCUT2D eigenvalue weighted by molar-refractivity contribution is 7.98. The molecule has 4 heteroatoms. The SMILES string of the molecule is CSc1ccc(-c2ccc(C3CCC(O)CC3)c(N)c2O)cc1. The Morgan fingerprint density at radius 1 is 1.00 bits per heavy atom. The molecule has 0 unspecified atom stereocenters. The summed E-state index contributed by atoms with van der Waals surface area (Å²) in [5.74, 6) is 0.503.